The molecule has 208 valence electrons. The van der Waals surface area contributed by atoms with Gasteiger partial charge in [0.05, 0.1) is 16.7 Å². The lowest BCUT2D eigenvalue weighted by molar-refractivity contribution is -0.232. The fourth-order valence-electron chi connectivity index (χ4n) is 3.71. The number of carbonyl (C=O) groups is 1. The number of pyridine rings is 1. The summed E-state index contributed by atoms with van der Waals surface area (Å²) in [7, 11) is -2.67. The van der Waals surface area contributed by atoms with Crippen LogP contribution in [0.5, 0.6) is 5.88 Å². The summed E-state index contributed by atoms with van der Waals surface area (Å²) < 4.78 is 76.2. The fraction of sp³-hybridized carbons (Fsp3) is 0.478. The molecular weight excluding hydrogens is 549 g/mol. The van der Waals surface area contributed by atoms with Gasteiger partial charge in [-0.05, 0) is 38.3 Å². The number of carbonyl (C=O) groups excluding carboxylic acids is 1. The summed E-state index contributed by atoms with van der Waals surface area (Å²) in [6.45, 7) is 5.58. The highest BCUT2D eigenvalue weighted by molar-refractivity contribution is 7.90. The van der Waals surface area contributed by atoms with Gasteiger partial charge in [-0.2, -0.15) is 18.3 Å². The second kappa shape index (κ2) is 10.9. The zero-order valence-corrected chi connectivity index (χ0v) is 22.9. The van der Waals surface area contributed by atoms with Crippen LogP contribution in [0.25, 0.3) is 5.82 Å². The van der Waals surface area contributed by atoms with Gasteiger partial charge in [0.25, 0.3) is 15.9 Å². The highest BCUT2D eigenvalue weighted by atomic mass is 35.5. The quantitative estimate of drug-likeness (QED) is 0.354. The van der Waals surface area contributed by atoms with Crippen molar-refractivity contribution in [3.8, 4) is 11.7 Å². The number of amides is 1. The van der Waals surface area contributed by atoms with Crippen LogP contribution in [0.4, 0.5) is 13.2 Å². The average molecular weight is 577 g/mol. The van der Waals surface area contributed by atoms with E-state index in [0.29, 0.717) is 6.42 Å². The summed E-state index contributed by atoms with van der Waals surface area (Å²) in [5.74, 6) is -1.07. The molecule has 3 aromatic rings. The Morgan fingerprint density at radius 2 is 1.92 bits per heavy atom. The van der Waals surface area contributed by atoms with Crippen LogP contribution in [0.3, 0.4) is 0 Å². The lowest BCUT2D eigenvalue weighted by atomic mass is 9.80. The number of alkyl halides is 3. The number of ether oxygens (including phenoxy) is 1. The van der Waals surface area contributed by atoms with E-state index < -0.39 is 34.1 Å². The van der Waals surface area contributed by atoms with Crippen molar-refractivity contribution in [3.63, 3.8) is 0 Å². The zero-order chi connectivity index (χ0) is 28.5. The predicted octanol–water partition coefficient (Wildman–Crippen LogP) is 4.46. The molecule has 0 aliphatic heterocycles. The van der Waals surface area contributed by atoms with E-state index in [9.17, 15) is 26.4 Å². The molecule has 0 spiro atoms. The van der Waals surface area contributed by atoms with Crippen molar-refractivity contribution in [2.24, 2.45) is 18.4 Å². The summed E-state index contributed by atoms with van der Waals surface area (Å²) in [5, 5.41) is 7.73. The molecule has 2 atom stereocenters. The molecule has 1 amide bonds. The third-order valence-corrected chi connectivity index (χ3v) is 7.80. The first-order valence-corrected chi connectivity index (χ1v) is 13.4. The number of aryl methyl sites for hydroxylation is 2. The van der Waals surface area contributed by atoms with Crippen molar-refractivity contribution in [2.45, 2.75) is 51.6 Å². The summed E-state index contributed by atoms with van der Waals surface area (Å²) >= 11 is 6.14. The smallest absolute Gasteiger partial charge is 0.397 e. The van der Waals surface area contributed by atoms with Crippen LogP contribution in [-0.4, -0.2) is 51.7 Å². The molecule has 1 unspecified atom stereocenters. The van der Waals surface area contributed by atoms with Crippen molar-refractivity contribution < 1.29 is 31.1 Å². The first-order valence-electron chi connectivity index (χ1n) is 11.6. The molecule has 0 aromatic carbocycles. The van der Waals surface area contributed by atoms with Gasteiger partial charge in [0.2, 0.25) is 5.88 Å². The van der Waals surface area contributed by atoms with Crippen LogP contribution >= 0.6 is 11.6 Å². The van der Waals surface area contributed by atoms with E-state index in [1.54, 1.807) is 14.0 Å². The maximum Gasteiger partial charge on any atom is 0.397 e. The van der Waals surface area contributed by atoms with Gasteiger partial charge >= 0.3 is 6.18 Å². The highest BCUT2D eigenvalue weighted by Crippen LogP contribution is 2.43. The minimum Gasteiger partial charge on any atom is -0.476 e. The first kappa shape index (κ1) is 29.4. The Morgan fingerprint density at radius 1 is 1.24 bits per heavy atom. The Morgan fingerprint density at radius 3 is 2.47 bits per heavy atom. The van der Waals surface area contributed by atoms with E-state index in [1.165, 1.54) is 46.9 Å². The number of sulfonamides is 1. The van der Waals surface area contributed by atoms with Crippen LogP contribution in [0, 0.1) is 18.3 Å². The normalized spacial score (nSPS) is 14.7. The van der Waals surface area contributed by atoms with Gasteiger partial charge in [-0.15, -0.1) is 5.10 Å². The third-order valence-electron chi connectivity index (χ3n) is 6.08. The predicted molar refractivity (Wildman–Crippen MR) is 133 cm³/mol. The highest BCUT2D eigenvalue weighted by Gasteiger charge is 2.52. The van der Waals surface area contributed by atoms with Crippen molar-refractivity contribution in [2.75, 3.05) is 6.61 Å². The molecule has 0 aliphatic rings. The summed E-state index contributed by atoms with van der Waals surface area (Å²) in [6.07, 6.45) is -1.29. The van der Waals surface area contributed by atoms with Gasteiger partial charge in [0.15, 0.2) is 5.82 Å². The minimum atomic E-state index is -4.46. The van der Waals surface area contributed by atoms with Gasteiger partial charge in [0.1, 0.15) is 16.7 Å². The van der Waals surface area contributed by atoms with Gasteiger partial charge in [-0.1, -0.05) is 31.9 Å². The summed E-state index contributed by atoms with van der Waals surface area (Å²) in [6, 6.07) is 3.97. The minimum absolute atomic E-state index is 0.0534. The average Bonchev–Trinajstić information content (AvgIpc) is 3.42. The molecule has 0 radical (unpaired) electrons. The van der Waals surface area contributed by atoms with Crippen LogP contribution < -0.4 is 9.46 Å². The first-order chi connectivity index (χ1) is 17.6. The van der Waals surface area contributed by atoms with E-state index in [4.69, 9.17) is 16.3 Å². The number of nitrogens with zero attached hydrogens (tertiary/aromatic N) is 5. The largest absolute Gasteiger partial charge is 0.476 e. The lowest BCUT2D eigenvalue weighted by Crippen LogP contribution is -2.41. The number of nitrogens with one attached hydrogen (secondary N) is 1. The Bertz CT molecular complexity index is 1420. The Balaban J connectivity index is 1.74. The molecule has 0 aliphatic carbocycles. The van der Waals surface area contributed by atoms with Crippen molar-refractivity contribution in [3.05, 3.63) is 47.0 Å². The van der Waals surface area contributed by atoms with Crippen LogP contribution in [-0.2, 0) is 17.1 Å². The van der Waals surface area contributed by atoms with Crippen molar-refractivity contribution in [1.29, 1.82) is 0 Å². The second-order valence-electron chi connectivity index (χ2n) is 9.36. The summed E-state index contributed by atoms with van der Waals surface area (Å²) in [5.41, 5.74) is -2.06. The van der Waals surface area contributed by atoms with E-state index in [1.807, 2.05) is 11.6 Å². The SMILES string of the molecule is CC[C@@H](C)CC(C)(COc1ccn(-c2ccc(C(=O)NS(=O)(=O)c3cn(C)nc3C)c(Cl)n2)n1)C(F)(F)F. The molecule has 38 heavy (non-hydrogen) atoms. The maximum absolute atomic E-state index is 13.7. The maximum atomic E-state index is 13.7. The van der Waals surface area contributed by atoms with Crippen LogP contribution in [0.1, 0.15) is 49.7 Å². The monoisotopic (exact) mass is 576 g/mol. The molecule has 10 nitrogen and oxygen atoms in total. The zero-order valence-electron chi connectivity index (χ0n) is 21.4. The molecule has 0 saturated carbocycles. The third kappa shape index (κ3) is 6.46. The number of aromatic nitrogens is 5. The molecule has 1 N–H and O–H groups in total. The number of hydrogen-bond acceptors (Lipinski definition) is 7. The van der Waals surface area contributed by atoms with Gasteiger partial charge in [-0.25, -0.2) is 22.8 Å². The van der Waals surface area contributed by atoms with Crippen molar-refractivity contribution in [1.82, 2.24) is 29.3 Å². The topological polar surface area (TPSA) is 121 Å². The van der Waals surface area contributed by atoms with E-state index in [0.717, 1.165) is 6.92 Å². The van der Waals surface area contributed by atoms with Gasteiger partial charge < -0.3 is 4.74 Å². The van der Waals surface area contributed by atoms with Gasteiger partial charge in [-0.3, -0.25) is 9.48 Å². The number of rotatable bonds is 10. The molecule has 0 bridgehead atoms. The lowest BCUT2D eigenvalue weighted by Gasteiger charge is -2.33. The molecule has 3 heterocycles. The molecular formula is C23H28ClF3N6O4S. The molecule has 0 fully saturated rings. The molecule has 3 aromatic heterocycles. The standard InChI is InChI=1S/C23H28ClF3N6O4S/c1-6-14(2)11-22(4,23(25,26)27)13-37-19-9-10-33(30-19)18-8-7-16(20(24)28-18)21(34)31-38(35,36)17-12-32(5)29-15(17)3/h7-10,12,14H,6,11,13H2,1-5H3,(H,31,34)/t14-,22?/m1/s1. The summed E-state index contributed by atoms with van der Waals surface area (Å²) in [4.78, 5) is 16.5. The Kier molecular flexibility index (Phi) is 8.46. The van der Waals surface area contributed by atoms with Crippen molar-refractivity contribution >= 4 is 27.5 Å². The molecule has 3 rings (SSSR count). The molecule has 0 saturated heterocycles. The number of hydrogen-bond donors (Lipinski definition) is 1. The molecule has 15 heteroatoms. The van der Waals surface area contributed by atoms with E-state index in [2.05, 4.69) is 15.2 Å². The number of halogens is 4. The Labute approximate surface area is 223 Å². The van der Waals surface area contributed by atoms with E-state index in [-0.39, 0.29) is 45.3 Å². The van der Waals surface area contributed by atoms with Gasteiger partial charge in [0, 0.05) is 25.5 Å². The second-order valence-corrected chi connectivity index (χ2v) is 11.4. The van der Waals surface area contributed by atoms with E-state index >= 15 is 0 Å². The van der Waals surface area contributed by atoms with Crippen LogP contribution in [0.2, 0.25) is 5.15 Å². The Hall–Kier alpha value is -3.13. The van der Waals surface area contributed by atoms with Crippen LogP contribution in [0.15, 0.2) is 35.5 Å². The fourth-order valence-corrected chi connectivity index (χ4v) is 5.13.